The zero-order chi connectivity index (χ0) is 21.8. The van der Waals surface area contributed by atoms with E-state index in [9.17, 15) is 0 Å². The van der Waals surface area contributed by atoms with Gasteiger partial charge in [-0.05, 0) is 85.4 Å². The summed E-state index contributed by atoms with van der Waals surface area (Å²) < 4.78 is 0. The molecule has 0 spiro atoms. The smallest absolute Gasteiger partial charge is 0.0286 e. The van der Waals surface area contributed by atoms with Crippen LogP contribution in [0, 0.1) is 0 Å². The van der Waals surface area contributed by atoms with E-state index in [1.54, 1.807) is 11.1 Å². The minimum absolute atomic E-state index is 0.0588. The second-order valence-electron chi connectivity index (χ2n) is 10.6. The minimum Gasteiger partial charge on any atom is -0.310 e. The van der Waals surface area contributed by atoms with Crippen LogP contribution in [0.5, 0.6) is 0 Å². The lowest BCUT2D eigenvalue weighted by Crippen LogP contribution is -2.31. The normalized spacial score (nSPS) is 24.0. The molecule has 0 aromatic heterocycles. The van der Waals surface area contributed by atoms with Crippen LogP contribution in [-0.2, 0) is 12.3 Å². The largest absolute Gasteiger partial charge is 0.310 e. The first-order valence-corrected chi connectivity index (χ1v) is 15.5. The molecule has 2 unspecified atom stereocenters. The summed E-state index contributed by atoms with van der Waals surface area (Å²) in [5.74, 6) is 1.51. The highest BCUT2D eigenvalue weighted by atomic mass is 31.1. The summed E-state index contributed by atoms with van der Waals surface area (Å²) in [6, 6.07) is 9.49. The lowest BCUT2D eigenvalue weighted by atomic mass is 10.1. The summed E-state index contributed by atoms with van der Waals surface area (Å²) in [5.41, 5.74) is 3.30. The zero-order valence-electron chi connectivity index (χ0n) is 20.4. The van der Waals surface area contributed by atoms with Crippen molar-refractivity contribution >= 4 is 15.8 Å². The van der Waals surface area contributed by atoms with Gasteiger partial charge in [0.2, 0.25) is 0 Å². The molecule has 2 aliphatic heterocycles. The quantitative estimate of drug-likeness (QED) is 0.363. The molecule has 30 heavy (non-hydrogen) atoms. The first kappa shape index (κ1) is 24.6. The average Bonchev–Trinajstić information content (AvgIpc) is 3.45. The molecule has 0 bridgehead atoms. The molecular weight excluding hydrogens is 402 g/mol. The zero-order valence-corrected chi connectivity index (χ0v) is 22.2. The summed E-state index contributed by atoms with van der Waals surface area (Å²) in [6.45, 7) is 17.3. The summed E-state index contributed by atoms with van der Waals surface area (Å²) in [4.78, 5) is 0. The van der Waals surface area contributed by atoms with Gasteiger partial charge < -0.3 is 10.6 Å². The third-order valence-electron chi connectivity index (χ3n) is 7.86. The Labute approximate surface area is 189 Å². The Morgan fingerprint density at radius 1 is 0.800 bits per heavy atom. The molecule has 2 atom stereocenters. The molecule has 2 aliphatic rings. The highest BCUT2D eigenvalue weighted by Crippen LogP contribution is 2.64. The number of rotatable bonds is 10. The van der Waals surface area contributed by atoms with Crippen LogP contribution in [-0.4, -0.2) is 35.0 Å². The number of hydrogen-bond acceptors (Lipinski definition) is 2. The second kappa shape index (κ2) is 10.7. The molecule has 2 saturated heterocycles. The molecule has 1 aromatic carbocycles. The van der Waals surface area contributed by atoms with Crippen molar-refractivity contribution in [3.63, 3.8) is 0 Å². The van der Waals surface area contributed by atoms with Gasteiger partial charge in [0.15, 0.2) is 0 Å². The molecule has 0 amide bonds. The van der Waals surface area contributed by atoms with Crippen LogP contribution >= 0.6 is 15.8 Å². The van der Waals surface area contributed by atoms with Crippen LogP contribution in [0.4, 0.5) is 0 Å². The number of nitrogens with one attached hydrogen (secondary N) is 2. The van der Waals surface area contributed by atoms with Crippen molar-refractivity contribution in [3.05, 3.63) is 35.4 Å². The molecule has 2 heterocycles. The van der Waals surface area contributed by atoms with Crippen molar-refractivity contribution in [1.29, 1.82) is 0 Å². The fourth-order valence-electron chi connectivity index (χ4n) is 5.20. The lowest BCUT2D eigenvalue weighted by molar-refractivity contribution is 0.601. The van der Waals surface area contributed by atoms with Crippen LogP contribution in [0.25, 0.3) is 0 Å². The van der Waals surface area contributed by atoms with Crippen molar-refractivity contribution in [3.8, 4) is 0 Å². The van der Waals surface area contributed by atoms with Crippen molar-refractivity contribution in [1.82, 2.24) is 10.6 Å². The van der Waals surface area contributed by atoms with Gasteiger partial charge in [0, 0.05) is 11.6 Å². The Morgan fingerprint density at radius 3 is 1.67 bits per heavy atom. The maximum Gasteiger partial charge on any atom is 0.0286 e. The van der Waals surface area contributed by atoms with E-state index < -0.39 is 0 Å². The maximum atomic E-state index is 3.87. The van der Waals surface area contributed by atoms with Crippen molar-refractivity contribution in [2.45, 2.75) is 114 Å². The van der Waals surface area contributed by atoms with E-state index in [1.165, 1.54) is 63.9 Å². The van der Waals surface area contributed by atoms with Gasteiger partial charge in [-0.1, -0.05) is 81.7 Å². The molecule has 170 valence electrons. The van der Waals surface area contributed by atoms with Gasteiger partial charge in [-0.3, -0.25) is 0 Å². The van der Waals surface area contributed by atoms with Gasteiger partial charge in [-0.15, -0.1) is 0 Å². The number of hydrogen-bond donors (Lipinski definition) is 2. The van der Waals surface area contributed by atoms with E-state index in [-0.39, 0.29) is 15.8 Å². The van der Waals surface area contributed by atoms with Crippen LogP contribution in [0.3, 0.4) is 0 Å². The fraction of sp³-hybridized carbons (Fsp3) is 0.769. The monoisotopic (exact) mass is 448 g/mol. The van der Waals surface area contributed by atoms with Crippen LogP contribution in [0.15, 0.2) is 24.3 Å². The topological polar surface area (TPSA) is 24.1 Å². The van der Waals surface area contributed by atoms with Crippen molar-refractivity contribution in [2.75, 3.05) is 13.1 Å². The highest BCUT2D eigenvalue weighted by molar-refractivity contribution is 7.60. The Kier molecular flexibility index (Phi) is 8.82. The van der Waals surface area contributed by atoms with E-state index in [0.717, 1.165) is 11.6 Å². The lowest BCUT2D eigenvalue weighted by Gasteiger charge is -2.45. The van der Waals surface area contributed by atoms with Crippen LogP contribution in [0.1, 0.15) is 91.2 Å². The Hall–Kier alpha value is -0.0000000000000000416. The van der Waals surface area contributed by atoms with Crippen LogP contribution < -0.4 is 10.6 Å². The van der Waals surface area contributed by atoms with E-state index >= 15 is 0 Å². The maximum absolute atomic E-state index is 3.87. The molecular formula is C26H46N2P2. The van der Waals surface area contributed by atoms with Crippen molar-refractivity contribution < 1.29 is 0 Å². The molecule has 0 saturated carbocycles. The Morgan fingerprint density at radius 2 is 1.27 bits per heavy atom. The Balaban J connectivity index is 1.86. The molecule has 0 aliphatic carbocycles. The molecule has 2 fully saturated rings. The summed E-state index contributed by atoms with van der Waals surface area (Å²) in [5, 5.41) is 8.59. The minimum atomic E-state index is -0.109. The molecule has 1 aromatic rings. The molecule has 2 N–H and O–H groups in total. The van der Waals surface area contributed by atoms with Gasteiger partial charge in [-0.25, -0.2) is 0 Å². The first-order chi connectivity index (χ1) is 14.3. The van der Waals surface area contributed by atoms with Gasteiger partial charge in [0.1, 0.15) is 0 Å². The second-order valence-corrected chi connectivity index (χ2v) is 16.8. The summed E-state index contributed by atoms with van der Waals surface area (Å²) in [6.07, 6.45) is 10.6. The average molecular weight is 449 g/mol. The molecule has 4 heteroatoms. The van der Waals surface area contributed by atoms with Crippen molar-refractivity contribution in [2.24, 2.45) is 0 Å². The number of benzene rings is 1. The third-order valence-corrected chi connectivity index (χ3v) is 15.3. The predicted molar refractivity (Wildman–Crippen MR) is 138 cm³/mol. The molecule has 0 radical (unpaired) electrons. The van der Waals surface area contributed by atoms with E-state index in [1.807, 2.05) is 0 Å². The molecule has 2 nitrogen and oxygen atoms in total. The van der Waals surface area contributed by atoms with Gasteiger partial charge in [0.05, 0.1) is 0 Å². The van der Waals surface area contributed by atoms with E-state index in [0.29, 0.717) is 10.3 Å². The highest BCUT2D eigenvalue weighted by Gasteiger charge is 2.39. The third kappa shape index (κ3) is 5.86. The first-order valence-electron chi connectivity index (χ1n) is 12.4. The standard InChI is InChI=1S/C26H46N2P2/c1-7-25(3,4)30(26(5,6)8-2)20-22-14-10-9-13-21(22)19-29(23-15-11-17-27-23)24-16-12-18-28-24/h9-10,13-14,23-24,27-28H,7-8,11-12,15-20H2,1-6H3. The van der Waals surface area contributed by atoms with Gasteiger partial charge >= 0.3 is 0 Å². The molecule has 3 rings (SSSR count). The fourth-order valence-corrected chi connectivity index (χ4v) is 12.4. The van der Waals surface area contributed by atoms with Gasteiger partial charge in [0.25, 0.3) is 0 Å². The van der Waals surface area contributed by atoms with Crippen LogP contribution in [0.2, 0.25) is 0 Å². The summed E-state index contributed by atoms with van der Waals surface area (Å²) in [7, 11) is -0.168. The van der Waals surface area contributed by atoms with E-state index in [2.05, 4.69) is 76.4 Å². The van der Waals surface area contributed by atoms with E-state index in [4.69, 9.17) is 0 Å². The summed E-state index contributed by atoms with van der Waals surface area (Å²) >= 11 is 0. The SMILES string of the molecule is CCC(C)(C)P(Cc1ccccc1CP(C1CCCN1)C1CCCN1)C(C)(C)CC. The Bertz CT molecular complexity index is 629. The van der Waals surface area contributed by atoms with Gasteiger partial charge in [-0.2, -0.15) is 0 Å². The predicted octanol–water partition coefficient (Wildman–Crippen LogP) is 7.45.